The van der Waals surface area contributed by atoms with Gasteiger partial charge in [-0.05, 0) is 35.1 Å². The van der Waals surface area contributed by atoms with Gasteiger partial charge in [-0.15, -0.1) is 0 Å². The fourth-order valence-electron chi connectivity index (χ4n) is 0.817. The number of hydrogen-bond donors (Lipinski definition) is 0. The fraction of sp³-hybridized carbons (Fsp3) is 0.286. The van der Waals surface area contributed by atoms with Gasteiger partial charge in [0.2, 0.25) is 5.95 Å². The number of alkyl halides is 2. The van der Waals surface area contributed by atoms with Crippen LogP contribution in [0.4, 0.5) is 13.2 Å². The summed E-state index contributed by atoms with van der Waals surface area (Å²) in [6.07, 6.45) is -1.57. The Hall–Kier alpha value is -0.330. The molecule has 0 amide bonds. The molecule has 0 aliphatic rings. The highest BCUT2D eigenvalue weighted by Crippen LogP contribution is 2.26. The van der Waals surface area contributed by atoms with Crippen molar-refractivity contribution in [1.82, 2.24) is 4.98 Å². The molecule has 0 saturated heterocycles. The monoisotopic (exact) mass is 287 g/mol. The first-order valence-electron chi connectivity index (χ1n) is 3.12. The molecule has 1 nitrogen and oxygen atoms in total. The Kier molecular flexibility index (Phi) is 2.92. The summed E-state index contributed by atoms with van der Waals surface area (Å²) < 4.78 is 37.6. The average molecular weight is 287 g/mol. The van der Waals surface area contributed by atoms with Gasteiger partial charge in [0.25, 0.3) is 6.43 Å². The van der Waals surface area contributed by atoms with Gasteiger partial charge >= 0.3 is 0 Å². The summed E-state index contributed by atoms with van der Waals surface area (Å²) in [5, 5.41) is 0. The standard InChI is InChI=1S/C7H5F3IN/c1-3-4(11)2-12-7(10)5(3)6(8)9/h2,6H,1H3. The second-order valence-electron chi connectivity index (χ2n) is 2.24. The molecule has 1 heterocycles. The summed E-state index contributed by atoms with van der Waals surface area (Å²) in [5.41, 5.74) is -0.333. The maximum atomic E-state index is 12.7. The molecule has 0 spiro atoms. The molecule has 0 N–H and O–H groups in total. The van der Waals surface area contributed by atoms with E-state index in [0.717, 1.165) is 0 Å². The van der Waals surface area contributed by atoms with Gasteiger partial charge in [-0.1, -0.05) is 0 Å². The SMILES string of the molecule is Cc1c(I)cnc(F)c1C(F)F. The molecule has 0 unspecified atom stereocenters. The molecular formula is C7H5F3IN. The van der Waals surface area contributed by atoms with Crippen molar-refractivity contribution in [1.29, 1.82) is 0 Å². The maximum Gasteiger partial charge on any atom is 0.268 e. The van der Waals surface area contributed by atoms with Crippen LogP contribution in [0, 0.1) is 16.4 Å². The third-order valence-corrected chi connectivity index (χ3v) is 2.58. The zero-order chi connectivity index (χ0) is 9.30. The van der Waals surface area contributed by atoms with Crippen LogP contribution in [0.25, 0.3) is 0 Å². The summed E-state index contributed by atoms with van der Waals surface area (Å²) in [4.78, 5) is 3.21. The first kappa shape index (κ1) is 9.76. The normalized spacial score (nSPS) is 10.8. The molecule has 0 aliphatic heterocycles. The predicted octanol–water partition coefficient (Wildman–Crippen LogP) is 3.07. The summed E-state index contributed by atoms with van der Waals surface area (Å²) >= 11 is 1.84. The minimum absolute atomic E-state index is 0.262. The van der Waals surface area contributed by atoms with Gasteiger partial charge in [0.15, 0.2) is 0 Å². The van der Waals surface area contributed by atoms with Crippen molar-refractivity contribution in [3.63, 3.8) is 0 Å². The van der Waals surface area contributed by atoms with Crippen molar-refractivity contribution in [2.24, 2.45) is 0 Å². The van der Waals surface area contributed by atoms with Crippen LogP contribution in [0.3, 0.4) is 0 Å². The van der Waals surface area contributed by atoms with Gasteiger partial charge in [-0.2, -0.15) is 4.39 Å². The van der Waals surface area contributed by atoms with E-state index < -0.39 is 17.9 Å². The summed E-state index contributed by atoms with van der Waals surface area (Å²) in [6.45, 7) is 1.45. The number of pyridine rings is 1. The van der Waals surface area contributed by atoms with E-state index in [2.05, 4.69) is 4.98 Å². The average Bonchev–Trinajstić information content (AvgIpc) is 1.97. The highest BCUT2D eigenvalue weighted by Gasteiger charge is 2.18. The molecule has 0 radical (unpaired) electrons. The quantitative estimate of drug-likeness (QED) is 0.571. The minimum atomic E-state index is -2.80. The van der Waals surface area contributed by atoms with Crippen LogP contribution in [0.1, 0.15) is 17.6 Å². The first-order valence-corrected chi connectivity index (χ1v) is 4.20. The fourth-order valence-corrected chi connectivity index (χ4v) is 1.25. The number of halogens is 4. The minimum Gasteiger partial charge on any atom is -0.227 e. The Morgan fingerprint density at radius 2 is 2.08 bits per heavy atom. The van der Waals surface area contributed by atoms with E-state index in [1.165, 1.54) is 13.1 Å². The lowest BCUT2D eigenvalue weighted by atomic mass is 10.2. The van der Waals surface area contributed by atoms with Crippen molar-refractivity contribution in [3.8, 4) is 0 Å². The van der Waals surface area contributed by atoms with Gasteiger partial charge in [0, 0.05) is 9.77 Å². The van der Waals surface area contributed by atoms with Gasteiger partial charge in [-0.3, -0.25) is 0 Å². The van der Waals surface area contributed by atoms with Crippen LogP contribution < -0.4 is 0 Å². The van der Waals surface area contributed by atoms with E-state index in [-0.39, 0.29) is 5.56 Å². The molecular weight excluding hydrogens is 282 g/mol. The van der Waals surface area contributed by atoms with Crippen LogP contribution in [-0.4, -0.2) is 4.98 Å². The largest absolute Gasteiger partial charge is 0.268 e. The Bertz CT molecular complexity index is 301. The van der Waals surface area contributed by atoms with E-state index in [1.807, 2.05) is 22.6 Å². The zero-order valence-electron chi connectivity index (χ0n) is 6.11. The van der Waals surface area contributed by atoms with E-state index >= 15 is 0 Å². The van der Waals surface area contributed by atoms with E-state index in [4.69, 9.17) is 0 Å². The molecule has 0 fully saturated rings. The lowest BCUT2D eigenvalue weighted by molar-refractivity contribution is 0.144. The molecule has 66 valence electrons. The summed E-state index contributed by atoms with van der Waals surface area (Å²) in [5.74, 6) is -1.08. The Morgan fingerprint density at radius 3 is 2.50 bits per heavy atom. The summed E-state index contributed by atoms with van der Waals surface area (Å²) in [7, 11) is 0. The van der Waals surface area contributed by atoms with Crippen molar-refractivity contribution < 1.29 is 13.2 Å². The van der Waals surface area contributed by atoms with Crippen LogP contribution in [0.5, 0.6) is 0 Å². The first-order chi connectivity index (χ1) is 5.54. The highest BCUT2D eigenvalue weighted by molar-refractivity contribution is 14.1. The van der Waals surface area contributed by atoms with E-state index in [0.29, 0.717) is 3.57 Å². The second-order valence-corrected chi connectivity index (χ2v) is 3.40. The molecule has 1 aromatic rings. The predicted molar refractivity (Wildman–Crippen MR) is 46.6 cm³/mol. The van der Waals surface area contributed by atoms with E-state index in [1.54, 1.807) is 0 Å². The molecule has 1 aromatic heterocycles. The topological polar surface area (TPSA) is 12.9 Å². The van der Waals surface area contributed by atoms with Crippen molar-refractivity contribution in [2.75, 3.05) is 0 Å². The molecule has 0 bridgehead atoms. The van der Waals surface area contributed by atoms with Gasteiger partial charge < -0.3 is 0 Å². The number of hydrogen-bond acceptors (Lipinski definition) is 1. The lowest BCUT2D eigenvalue weighted by Gasteiger charge is -2.06. The zero-order valence-corrected chi connectivity index (χ0v) is 8.27. The Balaban J connectivity index is 3.33. The molecule has 0 atom stereocenters. The molecule has 0 aromatic carbocycles. The van der Waals surface area contributed by atoms with Crippen molar-refractivity contribution in [3.05, 3.63) is 26.8 Å². The lowest BCUT2D eigenvalue weighted by Crippen LogP contribution is -2.00. The third kappa shape index (κ3) is 1.70. The maximum absolute atomic E-state index is 12.7. The second kappa shape index (κ2) is 3.59. The summed E-state index contributed by atoms with van der Waals surface area (Å²) in [6, 6.07) is 0. The van der Waals surface area contributed by atoms with Crippen LogP contribution in [-0.2, 0) is 0 Å². The third-order valence-electron chi connectivity index (χ3n) is 1.49. The Morgan fingerprint density at radius 1 is 1.50 bits per heavy atom. The number of nitrogens with zero attached hydrogens (tertiary/aromatic N) is 1. The molecule has 1 rings (SSSR count). The van der Waals surface area contributed by atoms with Gasteiger partial charge in [0.05, 0.1) is 5.56 Å². The molecule has 0 aliphatic carbocycles. The van der Waals surface area contributed by atoms with Gasteiger partial charge in [0.1, 0.15) is 0 Å². The van der Waals surface area contributed by atoms with Crippen LogP contribution in [0.2, 0.25) is 0 Å². The number of rotatable bonds is 1. The van der Waals surface area contributed by atoms with Crippen LogP contribution >= 0.6 is 22.6 Å². The van der Waals surface area contributed by atoms with Gasteiger partial charge in [-0.25, -0.2) is 13.8 Å². The van der Waals surface area contributed by atoms with Crippen molar-refractivity contribution in [2.45, 2.75) is 13.3 Å². The number of aromatic nitrogens is 1. The molecule has 0 saturated carbocycles. The van der Waals surface area contributed by atoms with Crippen molar-refractivity contribution >= 4 is 22.6 Å². The molecule has 5 heteroatoms. The van der Waals surface area contributed by atoms with E-state index in [9.17, 15) is 13.2 Å². The molecule has 12 heavy (non-hydrogen) atoms. The Labute approximate surface area is 81.1 Å². The highest BCUT2D eigenvalue weighted by atomic mass is 127. The van der Waals surface area contributed by atoms with Crippen LogP contribution in [0.15, 0.2) is 6.20 Å². The smallest absolute Gasteiger partial charge is 0.227 e.